The highest BCUT2D eigenvalue weighted by atomic mass is 35.5. The van der Waals surface area contributed by atoms with Crippen LogP contribution in [0.1, 0.15) is 10.4 Å². The fourth-order valence-corrected chi connectivity index (χ4v) is 1.83. The molecule has 1 aromatic carbocycles. The molecule has 6 nitrogen and oxygen atoms in total. The number of ether oxygens (including phenoxy) is 1. The number of hydrogen-bond donors (Lipinski definition) is 1. The summed E-state index contributed by atoms with van der Waals surface area (Å²) in [5, 5.41) is 18.2. The second kappa shape index (κ2) is 6.88. The summed E-state index contributed by atoms with van der Waals surface area (Å²) in [6.45, 7) is -0.129. The Labute approximate surface area is 130 Å². The zero-order valence-electron chi connectivity index (χ0n) is 10.5. The van der Waals surface area contributed by atoms with Crippen LogP contribution >= 0.6 is 23.2 Å². The topological polar surface area (TPSA) is 87.9 Å². The van der Waals surface area contributed by atoms with Gasteiger partial charge in [0.15, 0.2) is 16.9 Å². The lowest BCUT2D eigenvalue weighted by Crippen LogP contribution is -2.14. The first-order valence-electron chi connectivity index (χ1n) is 5.70. The van der Waals surface area contributed by atoms with Crippen LogP contribution in [-0.2, 0) is 0 Å². The van der Waals surface area contributed by atoms with Crippen molar-refractivity contribution in [2.75, 3.05) is 11.9 Å². The number of benzene rings is 1. The average Bonchev–Trinajstić information content (AvgIpc) is 2.48. The number of amides is 1. The summed E-state index contributed by atoms with van der Waals surface area (Å²) in [4.78, 5) is 12.2. The highest BCUT2D eigenvalue weighted by Gasteiger charge is 2.15. The van der Waals surface area contributed by atoms with Gasteiger partial charge in [0.25, 0.3) is 5.91 Å². The maximum absolute atomic E-state index is 12.2. The SMILES string of the molecule is N#CCOc1ccccc1NC(=O)c1cc(Cl)nnc1Cl. The van der Waals surface area contributed by atoms with Gasteiger partial charge in [-0.2, -0.15) is 5.26 Å². The third-order valence-corrected chi connectivity index (χ3v) is 2.86. The zero-order valence-corrected chi connectivity index (χ0v) is 12.0. The van der Waals surface area contributed by atoms with Crippen LogP contribution in [0.3, 0.4) is 0 Å². The van der Waals surface area contributed by atoms with Gasteiger partial charge in [-0.25, -0.2) is 0 Å². The highest BCUT2D eigenvalue weighted by Crippen LogP contribution is 2.25. The number of para-hydroxylation sites is 2. The van der Waals surface area contributed by atoms with E-state index in [0.717, 1.165) is 0 Å². The van der Waals surface area contributed by atoms with E-state index in [9.17, 15) is 4.79 Å². The molecule has 0 fully saturated rings. The normalized spacial score (nSPS) is 9.76. The number of halogens is 2. The van der Waals surface area contributed by atoms with Crippen molar-refractivity contribution in [3.8, 4) is 11.8 Å². The van der Waals surface area contributed by atoms with Crippen LogP contribution in [0.15, 0.2) is 30.3 Å². The van der Waals surface area contributed by atoms with Gasteiger partial charge in [0.1, 0.15) is 11.8 Å². The van der Waals surface area contributed by atoms with Crippen LogP contribution in [0.25, 0.3) is 0 Å². The molecule has 0 aliphatic carbocycles. The summed E-state index contributed by atoms with van der Waals surface area (Å²) in [5.74, 6) is -0.138. The van der Waals surface area contributed by atoms with E-state index in [1.165, 1.54) is 6.07 Å². The lowest BCUT2D eigenvalue weighted by Gasteiger charge is -2.10. The molecule has 0 saturated carbocycles. The van der Waals surface area contributed by atoms with E-state index in [4.69, 9.17) is 33.2 Å². The first-order chi connectivity index (χ1) is 10.1. The minimum Gasteiger partial charge on any atom is -0.477 e. The lowest BCUT2D eigenvalue weighted by atomic mass is 10.2. The summed E-state index contributed by atoms with van der Waals surface area (Å²) in [6.07, 6.45) is 0. The van der Waals surface area contributed by atoms with Crippen molar-refractivity contribution in [3.05, 3.63) is 46.2 Å². The van der Waals surface area contributed by atoms with Crippen LogP contribution in [0.2, 0.25) is 10.3 Å². The average molecular weight is 323 g/mol. The van der Waals surface area contributed by atoms with Crippen molar-refractivity contribution in [3.63, 3.8) is 0 Å². The van der Waals surface area contributed by atoms with Crippen LogP contribution in [0.4, 0.5) is 5.69 Å². The van der Waals surface area contributed by atoms with E-state index in [-0.39, 0.29) is 22.5 Å². The smallest absolute Gasteiger partial charge is 0.259 e. The van der Waals surface area contributed by atoms with Crippen LogP contribution in [0, 0.1) is 11.3 Å². The van der Waals surface area contributed by atoms with Gasteiger partial charge >= 0.3 is 0 Å². The maximum atomic E-state index is 12.2. The molecule has 0 saturated heterocycles. The second-order valence-corrected chi connectivity index (χ2v) is 4.51. The Morgan fingerprint density at radius 1 is 1.33 bits per heavy atom. The van der Waals surface area contributed by atoms with Crippen molar-refractivity contribution < 1.29 is 9.53 Å². The van der Waals surface area contributed by atoms with Crippen molar-refractivity contribution in [2.24, 2.45) is 0 Å². The van der Waals surface area contributed by atoms with Gasteiger partial charge in [0.2, 0.25) is 0 Å². The highest BCUT2D eigenvalue weighted by molar-refractivity contribution is 6.34. The van der Waals surface area contributed by atoms with Crippen molar-refractivity contribution in [1.29, 1.82) is 5.26 Å². The predicted octanol–water partition coefficient (Wildman–Crippen LogP) is 2.94. The number of rotatable bonds is 4. The number of aromatic nitrogens is 2. The third-order valence-electron chi connectivity index (χ3n) is 2.39. The monoisotopic (exact) mass is 322 g/mol. The summed E-state index contributed by atoms with van der Waals surface area (Å²) in [6, 6.07) is 9.87. The molecule has 0 unspecified atom stereocenters. The van der Waals surface area contributed by atoms with Crippen LogP contribution < -0.4 is 10.1 Å². The second-order valence-electron chi connectivity index (χ2n) is 3.77. The Morgan fingerprint density at radius 2 is 2.10 bits per heavy atom. The first-order valence-corrected chi connectivity index (χ1v) is 6.46. The Balaban J connectivity index is 2.24. The van der Waals surface area contributed by atoms with E-state index < -0.39 is 5.91 Å². The van der Waals surface area contributed by atoms with Gasteiger partial charge in [-0.3, -0.25) is 4.79 Å². The third kappa shape index (κ3) is 3.81. The molecule has 21 heavy (non-hydrogen) atoms. The molecule has 0 bridgehead atoms. The van der Waals surface area contributed by atoms with Crippen LogP contribution in [0.5, 0.6) is 5.75 Å². The molecule has 0 aliphatic rings. The summed E-state index contributed by atoms with van der Waals surface area (Å²) >= 11 is 11.5. The van der Waals surface area contributed by atoms with Crippen molar-refractivity contribution >= 4 is 34.8 Å². The first kappa shape index (κ1) is 15.0. The molecule has 1 heterocycles. The fraction of sp³-hybridized carbons (Fsp3) is 0.0769. The molecule has 0 radical (unpaired) electrons. The Bertz CT molecular complexity index is 716. The molecular formula is C13H8Cl2N4O2. The number of carbonyl (C=O) groups is 1. The Kier molecular flexibility index (Phi) is 4.93. The van der Waals surface area contributed by atoms with E-state index in [0.29, 0.717) is 11.4 Å². The van der Waals surface area contributed by atoms with E-state index >= 15 is 0 Å². The molecule has 2 rings (SSSR count). The van der Waals surface area contributed by atoms with E-state index in [1.54, 1.807) is 24.3 Å². The number of hydrogen-bond acceptors (Lipinski definition) is 5. The van der Waals surface area contributed by atoms with Gasteiger partial charge in [-0.05, 0) is 18.2 Å². The van der Waals surface area contributed by atoms with E-state index in [2.05, 4.69) is 15.5 Å². The maximum Gasteiger partial charge on any atom is 0.259 e. The lowest BCUT2D eigenvalue weighted by molar-refractivity contribution is 0.102. The molecule has 2 aromatic rings. The molecule has 1 amide bonds. The molecular weight excluding hydrogens is 315 g/mol. The Hall–Kier alpha value is -2.36. The molecule has 1 aromatic heterocycles. The standard InChI is InChI=1S/C13H8Cl2N4O2/c14-11-7-8(12(15)19-18-11)13(20)17-9-3-1-2-4-10(9)21-6-5-16/h1-4,7H,6H2,(H,17,20). The number of nitrogens with zero attached hydrogens (tertiary/aromatic N) is 3. The summed E-state index contributed by atoms with van der Waals surface area (Å²) in [5.41, 5.74) is 0.494. The number of carbonyl (C=O) groups excluding carboxylic acids is 1. The minimum absolute atomic E-state index is 0.0542. The molecule has 0 aliphatic heterocycles. The number of nitriles is 1. The fourth-order valence-electron chi connectivity index (χ4n) is 1.51. The van der Waals surface area contributed by atoms with Crippen LogP contribution in [-0.4, -0.2) is 22.7 Å². The minimum atomic E-state index is -0.509. The molecule has 0 atom stereocenters. The quantitative estimate of drug-likeness (QED) is 0.934. The van der Waals surface area contributed by atoms with Gasteiger partial charge in [0.05, 0.1) is 11.3 Å². The van der Waals surface area contributed by atoms with Gasteiger partial charge < -0.3 is 10.1 Å². The Morgan fingerprint density at radius 3 is 2.86 bits per heavy atom. The van der Waals surface area contributed by atoms with E-state index in [1.807, 2.05) is 6.07 Å². The summed E-state index contributed by atoms with van der Waals surface area (Å²) in [7, 11) is 0. The zero-order chi connectivity index (χ0) is 15.2. The number of anilines is 1. The molecule has 8 heteroatoms. The van der Waals surface area contributed by atoms with Crippen molar-refractivity contribution in [1.82, 2.24) is 10.2 Å². The largest absolute Gasteiger partial charge is 0.477 e. The molecule has 106 valence electrons. The van der Waals surface area contributed by atoms with Gasteiger partial charge in [-0.1, -0.05) is 35.3 Å². The number of nitrogens with one attached hydrogen (secondary N) is 1. The molecule has 1 N–H and O–H groups in total. The predicted molar refractivity (Wildman–Crippen MR) is 77.6 cm³/mol. The van der Waals surface area contributed by atoms with Gasteiger partial charge in [-0.15, -0.1) is 10.2 Å². The van der Waals surface area contributed by atoms with Gasteiger partial charge in [0, 0.05) is 0 Å². The van der Waals surface area contributed by atoms with Crippen molar-refractivity contribution in [2.45, 2.75) is 0 Å². The molecule has 0 spiro atoms. The summed E-state index contributed by atoms with van der Waals surface area (Å²) < 4.78 is 5.21.